The molecule has 1 rings (SSSR count). The van der Waals surface area contributed by atoms with Crippen LogP contribution in [0.25, 0.3) is 0 Å². The molecule has 0 saturated carbocycles. The van der Waals surface area contributed by atoms with Crippen LogP contribution in [-0.2, 0) is 6.54 Å². The minimum absolute atomic E-state index is 0.0462. The Morgan fingerprint density at radius 2 is 2.50 bits per heavy atom. The molecule has 0 amide bonds. The van der Waals surface area contributed by atoms with Crippen molar-refractivity contribution in [1.82, 2.24) is 5.32 Å². The van der Waals surface area contributed by atoms with Gasteiger partial charge in [-0.15, -0.1) is 0 Å². The van der Waals surface area contributed by atoms with Crippen LogP contribution in [-0.4, -0.2) is 12.7 Å². The lowest BCUT2D eigenvalue weighted by molar-refractivity contribution is 0.352. The number of halogens is 1. The average molecular weight is 171 g/mol. The molecule has 0 aliphatic carbocycles. The quantitative estimate of drug-likeness (QED) is 0.734. The lowest BCUT2D eigenvalue weighted by Gasteiger charge is -2.10. The first-order valence-electron chi connectivity index (χ1n) is 4.18. The third-order valence-electron chi connectivity index (χ3n) is 1.82. The monoisotopic (exact) mass is 171 g/mol. The summed E-state index contributed by atoms with van der Waals surface area (Å²) in [5.41, 5.74) is 0. The van der Waals surface area contributed by atoms with E-state index in [2.05, 4.69) is 5.32 Å². The summed E-state index contributed by atoms with van der Waals surface area (Å²) in [7, 11) is 0. The Bertz CT molecular complexity index is 194. The van der Waals surface area contributed by atoms with Crippen LogP contribution < -0.4 is 5.32 Å². The Balaban J connectivity index is 2.25. The van der Waals surface area contributed by atoms with Gasteiger partial charge in [0.1, 0.15) is 12.4 Å². The minimum Gasteiger partial charge on any atom is -0.468 e. The van der Waals surface area contributed by atoms with Crippen molar-refractivity contribution in [1.29, 1.82) is 0 Å². The number of rotatable bonds is 5. The summed E-state index contributed by atoms with van der Waals surface area (Å²) in [6.07, 6.45) is 2.42. The van der Waals surface area contributed by atoms with Crippen molar-refractivity contribution in [3.8, 4) is 0 Å². The van der Waals surface area contributed by atoms with Crippen LogP contribution in [0.5, 0.6) is 0 Å². The van der Waals surface area contributed by atoms with Crippen LogP contribution >= 0.6 is 0 Å². The molecular weight excluding hydrogens is 157 g/mol. The SMILES string of the molecule is CCC(CF)NCc1ccco1. The van der Waals surface area contributed by atoms with Gasteiger partial charge in [-0.05, 0) is 18.6 Å². The Kier molecular flexibility index (Phi) is 3.80. The molecule has 1 N–H and O–H groups in total. The second-order valence-electron chi connectivity index (χ2n) is 2.72. The minimum atomic E-state index is -0.322. The third kappa shape index (κ3) is 2.66. The molecule has 12 heavy (non-hydrogen) atoms. The van der Waals surface area contributed by atoms with E-state index in [1.54, 1.807) is 6.26 Å². The van der Waals surface area contributed by atoms with Crippen molar-refractivity contribution in [2.45, 2.75) is 25.9 Å². The van der Waals surface area contributed by atoms with Crippen LogP contribution in [0.1, 0.15) is 19.1 Å². The van der Waals surface area contributed by atoms with E-state index < -0.39 is 0 Å². The molecule has 2 nitrogen and oxygen atoms in total. The van der Waals surface area contributed by atoms with Crippen molar-refractivity contribution in [3.63, 3.8) is 0 Å². The molecule has 1 aromatic rings. The molecular formula is C9H14FNO. The van der Waals surface area contributed by atoms with Gasteiger partial charge in [-0.3, -0.25) is 0 Å². The van der Waals surface area contributed by atoms with Gasteiger partial charge >= 0.3 is 0 Å². The topological polar surface area (TPSA) is 25.2 Å². The molecule has 1 atom stereocenters. The van der Waals surface area contributed by atoms with E-state index >= 15 is 0 Å². The van der Waals surface area contributed by atoms with Crippen molar-refractivity contribution in [2.24, 2.45) is 0 Å². The van der Waals surface area contributed by atoms with Gasteiger partial charge in [0.05, 0.1) is 12.8 Å². The summed E-state index contributed by atoms with van der Waals surface area (Å²) in [5, 5.41) is 3.05. The predicted molar refractivity (Wildman–Crippen MR) is 45.6 cm³/mol. The van der Waals surface area contributed by atoms with Crippen LogP contribution in [0.2, 0.25) is 0 Å². The average Bonchev–Trinajstić information content (AvgIpc) is 2.59. The molecule has 1 heterocycles. The summed E-state index contributed by atoms with van der Waals surface area (Å²) in [6.45, 7) is 2.24. The highest BCUT2D eigenvalue weighted by Gasteiger charge is 2.04. The first kappa shape index (κ1) is 9.26. The van der Waals surface area contributed by atoms with Crippen LogP contribution in [0, 0.1) is 0 Å². The number of hydrogen-bond acceptors (Lipinski definition) is 2. The largest absolute Gasteiger partial charge is 0.468 e. The second kappa shape index (κ2) is 4.93. The zero-order valence-corrected chi connectivity index (χ0v) is 7.22. The second-order valence-corrected chi connectivity index (χ2v) is 2.72. The standard InChI is InChI=1S/C9H14FNO/c1-2-8(6-10)11-7-9-4-3-5-12-9/h3-5,8,11H,2,6-7H2,1H3. The first-order valence-corrected chi connectivity index (χ1v) is 4.18. The molecule has 0 fully saturated rings. The van der Waals surface area contributed by atoms with Crippen molar-refractivity contribution < 1.29 is 8.81 Å². The summed E-state index contributed by atoms with van der Waals surface area (Å²) in [6, 6.07) is 3.65. The fraction of sp³-hybridized carbons (Fsp3) is 0.556. The maximum absolute atomic E-state index is 12.2. The smallest absolute Gasteiger partial charge is 0.117 e. The molecule has 0 spiro atoms. The van der Waals surface area contributed by atoms with E-state index in [1.807, 2.05) is 19.1 Å². The highest BCUT2D eigenvalue weighted by atomic mass is 19.1. The summed E-state index contributed by atoms with van der Waals surface area (Å²) in [5.74, 6) is 0.849. The Morgan fingerprint density at radius 3 is 3.00 bits per heavy atom. The van der Waals surface area contributed by atoms with E-state index in [-0.39, 0.29) is 12.7 Å². The molecule has 0 saturated heterocycles. The summed E-state index contributed by atoms with van der Waals surface area (Å²) < 4.78 is 17.3. The van der Waals surface area contributed by atoms with Crippen LogP contribution in [0.4, 0.5) is 4.39 Å². The summed E-state index contributed by atoms with van der Waals surface area (Å²) in [4.78, 5) is 0. The van der Waals surface area contributed by atoms with Gasteiger partial charge in [0.25, 0.3) is 0 Å². The Labute approximate surface area is 71.8 Å². The lowest BCUT2D eigenvalue weighted by Crippen LogP contribution is -2.29. The van der Waals surface area contributed by atoms with Gasteiger partial charge in [-0.2, -0.15) is 0 Å². The van der Waals surface area contributed by atoms with E-state index in [0.717, 1.165) is 12.2 Å². The van der Waals surface area contributed by atoms with E-state index in [0.29, 0.717) is 6.54 Å². The van der Waals surface area contributed by atoms with Gasteiger partial charge < -0.3 is 9.73 Å². The Hall–Kier alpha value is -0.830. The van der Waals surface area contributed by atoms with Gasteiger partial charge in [0.15, 0.2) is 0 Å². The molecule has 1 aromatic heterocycles. The summed E-state index contributed by atoms with van der Waals surface area (Å²) >= 11 is 0. The molecule has 3 heteroatoms. The number of nitrogens with one attached hydrogen (secondary N) is 1. The normalized spacial score (nSPS) is 13.2. The van der Waals surface area contributed by atoms with Crippen LogP contribution in [0.15, 0.2) is 22.8 Å². The van der Waals surface area contributed by atoms with E-state index in [1.165, 1.54) is 0 Å². The zero-order valence-electron chi connectivity index (χ0n) is 7.22. The number of alkyl halides is 1. The Morgan fingerprint density at radius 1 is 1.67 bits per heavy atom. The predicted octanol–water partition coefficient (Wildman–Crippen LogP) is 2.12. The molecule has 0 bridgehead atoms. The highest BCUT2D eigenvalue weighted by Crippen LogP contribution is 2.00. The van der Waals surface area contributed by atoms with Crippen LogP contribution in [0.3, 0.4) is 0 Å². The first-order chi connectivity index (χ1) is 5.86. The fourth-order valence-corrected chi connectivity index (χ4v) is 0.966. The van der Waals surface area contributed by atoms with E-state index in [4.69, 9.17) is 4.42 Å². The fourth-order valence-electron chi connectivity index (χ4n) is 0.966. The van der Waals surface area contributed by atoms with E-state index in [9.17, 15) is 4.39 Å². The van der Waals surface area contributed by atoms with Gasteiger partial charge in [0.2, 0.25) is 0 Å². The van der Waals surface area contributed by atoms with Gasteiger partial charge in [-0.1, -0.05) is 6.92 Å². The molecule has 0 radical (unpaired) electrons. The maximum atomic E-state index is 12.2. The number of hydrogen-bond donors (Lipinski definition) is 1. The highest BCUT2D eigenvalue weighted by molar-refractivity contribution is 4.97. The van der Waals surface area contributed by atoms with Crippen molar-refractivity contribution in [2.75, 3.05) is 6.67 Å². The molecule has 1 unspecified atom stereocenters. The molecule has 0 aromatic carbocycles. The lowest BCUT2D eigenvalue weighted by atomic mass is 10.2. The third-order valence-corrected chi connectivity index (χ3v) is 1.82. The van der Waals surface area contributed by atoms with Gasteiger partial charge in [0, 0.05) is 6.04 Å². The zero-order chi connectivity index (χ0) is 8.81. The number of furan rings is 1. The molecule has 68 valence electrons. The van der Waals surface area contributed by atoms with Crippen molar-refractivity contribution in [3.05, 3.63) is 24.2 Å². The molecule has 0 aliphatic heterocycles. The van der Waals surface area contributed by atoms with Crippen molar-refractivity contribution >= 4 is 0 Å². The molecule has 0 aliphatic rings. The maximum Gasteiger partial charge on any atom is 0.117 e. The van der Waals surface area contributed by atoms with Gasteiger partial charge in [-0.25, -0.2) is 4.39 Å².